The summed E-state index contributed by atoms with van der Waals surface area (Å²) in [5, 5.41) is 8.28. The number of nitrogen functional groups attached to an aromatic ring is 1. The number of ether oxygens (including phenoxy) is 1. The van der Waals surface area contributed by atoms with Crippen molar-refractivity contribution in [1.29, 1.82) is 0 Å². The second-order valence-electron chi connectivity index (χ2n) is 10.8. The number of nitrogens with zero attached hydrogens (tertiary/aromatic N) is 7. The number of rotatable bonds is 22. The molecule has 0 saturated carbocycles. The van der Waals surface area contributed by atoms with Gasteiger partial charge in [-0.25, -0.2) is 18.7 Å². The molecule has 3 amide bonds. The minimum atomic E-state index is -2.94. The van der Waals surface area contributed by atoms with Gasteiger partial charge in [-0.2, -0.15) is 15.0 Å². The molecule has 47 heavy (non-hydrogen) atoms. The molecule has 0 aliphatic carbocycles. The Morgan fingerprint density at radius 3 is 2.51 bits per heavy atom. The average molecular weight is 662 g/mol. The summed E-state index contributed by atoms with van der Waals surface area (Å²) < 4.78 is 33.4. The molecule has 1 aliphatic rings. The Balaban J connectivity index is 1.72. The standard InChI is InChI=1S/C30H45F2N11O4/c1-2-3-5-8-22(9-11-34-20-44)27(46)36-10-6-4-7-13-42(14-12-35-21-45)29-39-26(23-19-37-28(33)38-24(23)25(31)32)40-30(41-29)43-15-17-47-18-16-43/h2-3,19-22,25H,4-18H2,1H3,(H,34,44)(H,35,45)(H,36,46)(H2,33,37,38)/b3-2+. The summed E-state index contributed by atoms with van der Waals surface area (Å²) in [6, 6.07) is 0. The monoisotopic (exact) mass is 661 g/mol. The quantitative estimate of drug-likeness (QED) is 0.0811. The van der Waals surface area contributed by atoms with E-state index in [1.54, 1.807) is 0 Å². The van der Waals surface area contributed by atoms with Gasteiger partial charge >= 0.3 is 0 Å². The van der Waals surface area contributed by atoms with E-state index in [0.717, 1.165) is 19.3 Å². The Hall–Kier alpha value is -4.54. The molecule has 1 unspecified atom stereocenters. The number of anilines is 3. The van der Waals surface area contributed by atoms with Gasteiger partial charge in [0.15, 0.2) is 5.82 Å². The van der Waals surface area contributed by atoms with E-state index in [2.05, 4.69) is 40.9 Å². The fourth-order valence-electron chi connectivity index (χ4n) is 4.99. The number of nitrogens with two attached hydrogens (primary N) is 1. The van der Waals surface area contributed by atoms with E-state index in [1.165, 1.54) is 6.20 Å². The topological polar surface area (TPSA) is 193 Å². The van der Waals surface area contributed by atoms with Crippen molar-refractivity contribution in [3.05, 3.63) is 24.0 Å². The van der Waals surface area contributed by atoms with Crippen LogP contribution in [0.3, 0.4) is 0 Å². The fourth-order valence-corrected chi connectivity index (χ4v) is 4.99. The van der Waals surface area contributed by atoms with Crippen LogP contribution >= 0.6 is 0 Å². The number of unbranched alkanes of at least 4 members (excludes halogenated alkanes) is 2. The molecule has 0 radical (unpaired) electrons. The molecule has 1 fully saturated rings. The average Bonchev–Trinajstić information content (AvgIpc) is 3.08. The van der Waals surface area contributed by atoms with Gasteiger partial charge in [-0.3, -0.25) is 14.4 Å². The van der Waals surface area contributed by atoms with Crippen molar-refractivity contribution in [3.63, 3.8) is 0 Å². The van der Waals surface area contributed by atoms with E-state index < -0.39 is 12.1 Å². The van der Waals surface area contributed by atoms with Crippen LogP contribution in [0.25, 0.3) is 11.4 Å². The van der Waals surface area contributed by atoms with Crippen LogP contribution in [0.2, 0.25) is 0 Å². The third-order valence-corrected chi connectivity index (χ3v) is 7.50. The summed E-state index contributed by atoms with van der Waals surface area (Å²) >= 11 is 0. The Labute approximate surface area is 273 Å². The van der Waals surface area contributed by atoms with Crippen LogP contribution in [0.1, 0.15) is 57.6 Å². The molecule has 0 bridgehead atoms. The number of amides is 3. The van der Waals surface area contributed by atoms with Crippen molar-refractivity contribution >= 4 is 36.6 Å². The lowest BCUT2D eigenvalue weighted by Crippen LogP contribution is -2.39. The van der Waals surface area contributed by atoms with E-state index in [0.29, 0.717) is 97.1 Å². The van der Waals surface area contributed by atoms with Crippen LogP contribution in [0.15, 0.2) is 18.3 Å². The van der Waals surface area contributed by atoms with Crippen LogP contribution in [0.5, 0.6) is 0 Å². The zero-order chi connectivity index (χ0) is 33.9. The van der Waals surface area contributed by atoms with E-state index in [1.807, 2.05) is 28.9 Å². The molecular weight excluding hydrogens is 616 g/mol. The molecule has 15 nitrogen and oxygen atoms in total. The molecule has 1 aliphatic heterocycles. The highest BCUT2D eigenvalue weighted by atomic mass is 19.3. The molecule has 0 spiro atoms. The predicted molar refractivity (Wildman–Crippen MR) is 173 cm³/mol. The lowest BCUT2D eigenvalue weighted by molar-refractivity contribution is -0.125. The van der Waals surface area contributed by atoms with Crippen molar-refractivity contribution < 1.29 is 27.9 Å². The second-order valence-corrected chi connectivity index (χ2v) is 10.8. The molecule has 3 rings (SSSR count). The van der Waals surface area contributed by atoms with E-state index in [9.17, 15) is 23.2 Å². The lowest BCUT2D eigenvalue weighted by atomic mass is 9.98. The van der Waals surface area contributed by atoms with Gasteiger partial charge in [0.1, 0.15) is 5.69 Å². The van der Waals surface area contributed by atoms with Gasteiger partial charge in [-0.1, -0.05) is 12.2 Å². The maximum Gasteiger partial charge on any atom is 0.281 e. The molecular formula is C30H45F2N11O4. The predicted octanol–water partition coefficient (Wildman–Crippen LogP) is 1.63. The van der Waals surface area contributed by atoms with Gasteiger partial charge in [-0.05, 0) is 45.4 Å². The third-order valence-electron chi connectivity index (χ3n) is 7.50. The number of hydrogen-bond acceptors (Lipinski definition) is 12. The highest BCUT2D eigenvalue weighted by Crippen LogP contribution is 2.29. The summed E-state index contributed by atoms with van der Waals surface area (Å²) in [4.78, 5) is 59.6. The van der Waals surface area contributed by atoms with E-state index in [4.69, 9.17) is 10.5 Å². The zero-order valence-electron chi connectivity index (χ0n) is 26.7. The third kappa shape index (κ3) is 12.3. The van der Waals surface area contributed by atoms with E-state index >= 15 is 0 Å². The number of morpholine rings is 1. The van der Waals surface area contributed by atoms with Crippen molar-refractivity contribution in [3.8, 4) is 11.4 Å². The maximum absolute atomic E-state index is 14.0. The summed E-state index contributed by atoms with van der Waals surface area (Å²) in [6.45, 7) is 5.94. The normalized spacial score (nSPS) is 13.8. The molecule has 0 aromatic carbocycles. The minimum Gasteiger partial charge on any atom is -0.378 e. The molecule has 2 aromatic heterocycles. The number of carbonyl (C=O) groups is 3. The highest BCUT2D eigenvalue weighted by Gasteiger charge is 2.24. The Bertz CT molecular complexity index is 1300. The summed E-state index contributed by atoms with van der Waals surface area (Å²) in [5.41, 5.74) is 4.96. The largest absolute Gasteiger partial charge is 0.378 e. The van der Waals surface area contributed by atoms with Gasteiger partial charge in [0.2, 0.25) is 36.6 Å². The Morgan fingerprint density at radius 1 is 1.02 bits per heavy atom. The molecule has 1 atom stereocenters. The van der Waals surface area contributed by atoms with Crippen LogP contribution < -0.4 is 31.5 Å². The molecule has 258 valence electrons. The van der Waals surface area contributed by atoms with Crippen molar-refractivity contribution in [2.75, 3.05) is 74.6 Å². The first-order valence-corrected chi connectivity index (χ1v) is 15.9. The van der Waals surface area contributed by atoms with Crippen LogP contribution in [-0.4, -0.2) is 103 Å². The Morgan fingerprint density at radius 2 is 1.79 bits per heavy atom. The number of aromatic nitrogens is 5. The first-order chi connectivity index (χ1) is 22.9. The van der Waals surface area contributed by atoms with E-state index in [-0.39, 0.29) is 35.1 Å². The number of nitrogens with one attached hydrogen (secondary N) is 3. The maximum atomic E-state index is 14.0. The Kier molecular flexibility index (Phi) is 16.1. The number of carbonyl (C=O) groups excluding carboxylic acids is 3. The van der Waals surface area contributed by atoms with Crippen LogP contribution in [-0.2, 0) is 19.1 Å². The van der Waals surface area contributed by atoms with Gasteiger partial charge < -0.3 is 36.2 Å². The number of halogens is 2. The molecule has 5 N–H and O–H groups in total. The first-order valence-electron chi connectivity index (χ1n) is 15.9. The number of hydrogen-bond donors (Lipinski definition) is 4. The van der Waals surface area contributed by atoms with Gasteiger partial charge in [0.25, 0.3) is 6.43 Å². The summed E-state index contributed by atoms with van der Waals surface area (Å²) in [7, 11) is 0. The molecule has 3 heterocycles. The van der Waals surface area contributed by atoms with Gasteiger partial charge in [-0.15, -0.1) is 0 Å². The SMILES string of the molecule is C/C=C/CCC(CCNC=O)C(=O)NCCCCCN(CCNC=O)c1nc(-c2cnc(N)nc2C(F)F)nc(N2CCOCC2)n1. The van der Waals surface area contributed by atoms with Crippen LogP contribution in [0, 0.1) is 5.92 Å². The van der Waals surface area contributed by atoms with Crippen molar-refractivity contribution in [2.45, 2.75) is 51.9 Å². The molecule has 2 aromatic rings. The van der Waals surface area contributed by atoms with Crippen molar-refractivity contribution in [2.24, 2.45) is 5.92 Å². The van der Waals surface area contributed by atoms with Crippen LogP contribution in [0.4, 0.5) is 26.6 Å². The zero-order valence-corrected chi connectivity index (χ0v) is 26.7. The van der Waals surface area contributed by atoms with Gasteiger partial charge in [0, 0.05) is 57.9 Å². The number of alkyl halides is 2. The lowest BCUT2D eigenvalue weighted by Gasteiger charge is -2.29. The molecule has 17 heteroatoms. The summed E-state index contributed by atoms with van der Waals surface area (Å²) in [5.74, 6) is 0.0111. The van der Waals surface area contributed by atoms with Gasteiger partial charge in [0.05, 0.1) is 18.8 Å². The van der Waals surface area contributed by atoms with Crippen molar-refractivity contribution in [1.82, 2.24) is 40.9 Å². The fraction of sp³-hybridized carbons (Fsp3) is 0.600. The number of allylic oxidation sites excluding steroid dienone is 2. The summed E-state index contributed by atoms with van der Waals surface area (Å²) in [6.07, 6.45) is 7.68. The highest BCUT2D eigenvalue weighted by molar-refractivity contribution is 5.78. The molecule has 1 saturated heterocycles. The minimum absolute atomic E-state index is 0.0184. The first kappa shape index (κ1) is 36.9. The smallest absolute Gasteiger partial charge is 0.281 e. The second kappa shape index (κ2) is 20.6.